The van der Waals surface area contributed by atoms with Crippen LogP contribution in [0.3, 0.4) is 0 Å². The average molecular weight is 318 g/mol. The van der Waals surface area contributed by atoms with Gasteiger partial charge < -0.3 is 10.7 Å². The summed E-state index contributed by atoms with van der Waals surface area (Å²) in [6.07, 6.45) is 0.886. The van der Waals surface area contributed by atoms with Crippen molar-refractivity contribution < 1.29 is 0 Å². The highest BCUT2D eigenvalue weighted by atomic mass is 79.9. The number of aromatic amines is 1. The first-order valence-corrected chi connectivity index (χ1v) is 5.96. The summed E-state index contributed by atoms with van der Waals surface area (Å²) in [5, 5.41) is 1.23. The Morgan fingerprint density at radius 2 is 2.07 bits per heavy atom. The van der Waals surface area contributed by atoms with Gasteiger partial charge in [0.15, 0.2) is 0 Å². The van der Waals surface area contributed by atoms with Crippen LogP contribution in [0.15, 0.2) is 27.3 Å². The van der Waals surface area contributed by atoms with Crippen molar-refractivity contribution >= 4 is 42.8 Å². The molecule has 2 nitrogen and oxygen atoms in total. The number of rotatable bonds is 2. The van der Waals surface area contributed by atoms with Gasteiger partial charge in [0.25, 0.3) is 0 Å². The monoisotopic (exact) mass is 316 g/mol. The van der Waals surface area contributed by atoms with E-state index in [0.717, 1.165) is 21.0 Å². The molecular weight excluding hydrogens is 308 g/mol. The van der Waals surface area contributed by atoms with Crippen molar-refractivity contribution in [2.75, 3.05) is 6.54 Å². The normalized spacial score (nSPS) is 11.1. The maximum absolute atomic E-state index is 5.57. The number of halogens is 2. The van der Waals surface area contributed by atoms with Crippen molar-refractivity contribution in [2.45, 2.75) is 6.42 Å². The van der Waals surface area contributed by atoms with E-state index in [1.54, 1.807) is 0 Å². The van der Waals surface area contributed by atoms with Gasteiger partial charge in [0, 0.05) is 15.4 Å². The van der Waals surface area contributed by atoms with Crippen LogP contribution in [0.2, 0.25) is 0 Å². The molecule has 0 saturated carbocycles. The molecule has 1 heterocycles. The standard InChI is InChI=1S/C10H10Br2N2/c11-6-1-2-9-8(5-6)7(3-4-13)10(12)14-9/h1-2,5,14H,3-4,13H2. The van der Waals surface area contributed by atoms with Gasteiger partial charge in [0.2, 0.25) is 0 Å². The van der Waals surface area contributed by atoms with Gasteiger partial charge in [-0.1, -0.05) is 15.9 Å². The van der Waals surface area contributed by atoms with Gasteiger partial charge in [-0.05, 0) is 52.7 Å². The molecule has 0 saturated heterocycles. The highest BCUT2D eigenvalue weighted by Gasteiger charge is 2.08. The topological polar surface area (TPSA) is 41.8 Å². The zero-order valence-electron chi connectivity index (χ0n) is 7.48. The Morgan fingerprint density at radius 3 is 2.79 bits per heavy atom. The molecule has 0 aliphatic heterocycles. The second-order valence-corrected chi connectivity index (χ2v) is 4.85. The van der Waals surface area contributed by atoms with Gasteiger partial charge in [-0.15, -0.1) is 0 Å². The average Bonchev–Trinajstić information content (AvgIpc) is 2.45. The third-order valence-electron chi connectivity index (χ3n) is 2.21. The summed E-state index contributed by atoms with van der Waals surface area (Å²) < 4.78 is 2.13. The molecule has 3 N–H and O–H groups in total. The predicted octanol–water partition coefficient (Wildman–Crippen LogP) is 3.19. The summed E-state index contributed by atoms with van der Waals surface area (Å²) in [6, 6.07) is 6.20. The Labute approximate surface area is 99.1 Å². The van der Waals surface area contributed by atoms with E-state index in [1.807, 2.05) is 6.07 Å². The maximum atomic E-state index is 5.57. The minimum atomic E-state index is 0.665. The SMILES string of the molecule is NCCc1c(Br)[nH]c2ccc(Br)cc12. The summed E-state index contributed by atoms with van der Waals surface area (Å²) in [7, 11) is 0. The lowest BCUT2D eigenvalue weighted by atomic mass is 10.1. The second kappa shape index (κ2) is 4.04. The van der Waals surface area contributed by atoms with Gasteiger partial charge in [-0.3, -0.25) is 0 Å². The van der Waals surface area contributed by atoms with Crippen LogP contribution in [0, 0.1) is 0 Å². The van der Waals surface area contributed by atoms with E-state index in [4.69, 9.17) is 5.73 Å². The van der Waals surface area contributed by atoms with Crippen molar-refractivity contribution in [1.29, 1.82) is 0 Å². The number of nitrogens with two attached hydrogens (primary N) is 1. The van der Waals surface area contributed by atoms with Crippen LogP contribution in [0.1, 0.15) is 5.56 Å². The molecule has 74 valence electrons. The van der Waals surface area contributed by atoms with Gasteiger partial charge in [0.05, 0.1) is 4.60 Å². The largest absolute Gasteiger partial charge is 0.349 e. The van der Waals surface area contributed by atoms with Crippen LogP contribution >= 0.6 is 31.9 Å². The molecule has 4 heteroatoms. The molecule has 1 aromatic heterocycles. The quantitative estimate of drug-likeness (QED) is 0.877. The van der Waals surface area contributed by atoms with Crippen LogP contribution in [-0.2, 0) is 6.42 Å². The van der Waals surface area contributed by atoms with Crippen molar-refractivity contribution in [3.63, 3.8) is 0 Å². The molecule has 0 atom stereocenters. The van der Waals surface area contributed by atoms with Crippen molar-refractivity contribution in [3.8, 4) is 0 Å². The molecule has 0 fully saturated rings. The fourth-order valence-electron chi connectivity index (χ4n) is 1.58. The number of hydrogen-bond donors (Lipinski definition) is 2. The van der Waals surface area contributed by atoms with Crippen LogP contribution in [-0.4, -0.2) is 11.5 Å². The van der Waals surface area contributed by atoms with Crippen LogP contribution in [0.25, 0.3) is 10.9 Å². The van der Waals surface area contributed by atoms with Crippen molar-refractivity contribution in [3.05, 3.63) is 32.8 Å². The lowest BCUT2D eigenvalue weighted by molar-refractivity contribution is 0.970. The molecule has 0 bridgehead atoms. The summed E-state index contributed by atoms with van der Waals surface area (Å²) in [5.74, 6) is 0. The fraction of sp³-hybridized carbons (Fsp3) is 0.200. The van der Waals surface area contributed by atoms with Crippen molar-refractivity contribution in [1.82, 2.24) is 4.98 Å². The number of H-pyrrole nitrogens is 1. The van der Waals surface area contributed by atoms with E-state index < -0.39 is 0 Å². The Morgan fingerprint density at radius 1 is 1.29 bits per heavy atom. The third kappa shape index (κ3) is 1.74. The minimum absolute atomic E-state index is 0.665. The highest BCUT2D eigenvalue weighted by molar-refractivity contribution is 9.10. The zero-order valence-corrected chi connectivity index (χ0v) is 10.7. The minimum Gasteiger partial charge on any atom is -0.349 e. The second-order valence-electron chi connectivity index (χ2n) is 3.15. The summed E-state index contributed by atoms with van der Waals surface area (Å²) in [4.78, 5) is 3.28. The van der Waals surface area contributed by atoms with E-state index in [0.29, 0.717) is 6.54 Å². The van der Waals surface area contributed by atoms with Gasteiger partial charge in [-0.2, -0.15) is 0 Å². The van der Waals surface area contributed by atoms with E-state index in [1.165, 1.54) is 10.9 Å². The van der Waals surface area contributed by atoms with E-state index in [2.05, 4.69) is 49.0 Å². The molecule has 1 aromatic carbocycles. The molecular formula is C10H10Br2N2. The Hall–Kier alpha value is -0.320. The molecule has 0 spiro atoms. The highest BCUT2D eigenvalue weighted by Crippen LogP contribution is 2.28. The lowest BCUT2D eigenvalue weighted by Gasteiger charge is -1.97. The Bertz CT molecular complexity index is 462. The molecule has 0 unspecified atom stereocenters. The number of benzene rings is 1. The number of aromatic nitrogens is 1. The van der Waals surface area contributed by atoms with E-state index in [9.17, 15) is 0 Å². The predicted molar refractivity (Wildman–Crippen MR) is 66.5 cm³/mol. The number of hydrogen-bond acceptors (Lipinski definition) is 1. The van der Waals surface area contributed by atoms with Crippen molar-refractivity contribution in [2.24, 2.45) is 5.73 Å². The van der Waals surface area contributed by atoms with E-state index in [-0.39, 0.29) is 0 Å². The van der Waals surface area contributed by atoms with Crippen LogP contribution in [0.5, 0.6) is 0 Å². The fourth-order valence-corrected chi connectivity index (χ4v) is 2.56. The first kappa shape index (κ1) is 10.2. The van der Waals surface area contributed by atoms with Crippen LogP contribution < -0.4 is 5.73 Å². The summed E-state index contributed by atoms with van der Waals surface area (Å²) in [5.41, 5.74) is 7.97. The maximum Gasteiger partial charge on any atom is 0.0863 e. The number of nitrogens with one attached hydrogen (secondary N) is 1. The van der Waals surface area contributed by atoms with E-state index >= 15 is 0 Å². The van der Waals surface area contributed by atoms with Gasteiger partial charge >= 0.3 is 0 Å². The number of fused-ring (bicyclic) bond motifs is 1. The summed E-state index contributed by atoms with van der Waals surface area (Å²) >= 11 is 6.98. The molecule has 0 amide bonds. The first-order chi connectivity index (χ1) is 6.72. The smallest absolute Gasteiger partial charge is 0.0863 e. The molecule has 2 rings (SSSR count). The molecule has 0 aliphatic rings. The Balaban J connectivity index is 2.66. The Kier molecular flexibility index (Phi) is 2.95. The molecule has 0 radical (unpaired) electrons. The lowest BCUT2D eigenvalue weighted by Crippen LogP contribution is -2.02. The van der Waals surface area contributed by atoms with Gasteiger partial charge in [0.1, 0.15) is 0 Å². The first-order valence-electron chi connectivity index (χ1n) is 4.38. The summed E-state index contributed by atoms with van der Waals surface area (Å²) in [6.45, 7) is 0.665. The third-order valence-corrected chi connectivity index (χ3v) is 3.38. The molecule has 2 aromatic rings. The molecule has 0 aliphatic carbocycles. The zero-order chi connectivity index (χ0) is 10.1. The van der Waals surface area contributed by atoms with Gasteiger partial charge in [-0.25, -0.2) is 0 Å². The van der Waals surface area contributed by atoms with Crippen LogP contribution in [0.4, 0.5) is 0 Å². The molecule has 14 heavy (non-hydrogen) atoms.